The molecule has 1 fully saturated rings. The first-order chi connectivity index (χ1) is 19.8. The maximum Gasteiger partial charge on any atom is 0.272 e. The number of para-hydroxylation sites is 1. The van der Waals surface area contributed by atoms with Gasteiger partial charge in [-0.1, -0.05) is 29.5 Å². The predicted molar refractivity (Wildman–Crippen MR) is 150 cm³/mol. The average Bonchev–Trinajstić information content (AvgIpc) is 3.57. The van der Waals surface area contributed by atoms with Gasteiger partial charge in [0.15, 0.2) is 5.13 Å². The fourth-order valence-corrected chi connectivity index (χ4v) is 5.22. The molecule has 0 radical (unpaired) electrons. The van der Waals surface area contributed by atoms with Gasteiger partial charge in [0.05, 0.1) is 27.2 Å². The number of anilines is 2. The number of hydrazine groups is 1. The molecule has 208 valence electrons. The van der Waals surface area contributed by atoms with Crippen molar-refractivity contribution in [2.75, 3.05) is 10.6 Å². The van der Waals surface area contributed by atoms with Crippen LogP contribution >= 0.6 is 11.3 Å². The molecule has 6 rings (SSSR count). The molecule has 14 heteroatoms. The normalized spacial score (nSPS) is 17.7. The highest BCUT2D eigenvalue weighted by Crippen LogP contribution is 2.35. The zero-order valence-corrected chi connectivity index (χ0v) is 22.0. The number of carbonyl (C=O) groups is 2. The van der Waals surface area contributed by atoms with E-state index in [1.807, 2.05) is 0 Å². The summed E-state index contributed by atoms with van der Waals surface area (Å²) >= 11 is 1.32. The summed E-state index contributed by atoms with van der Waals surface area (Å²) < 4.78 is 21.5. The van der Waals surface area contributed by atoms with E-state index in [1.54, 1.807) is 24.3 Å². The van der Waals surface area contributed by atoms with Crippen molar-refractivity contribution in [3.8, 4) is 11.5 Å². The highest BCUT2D eigenvalue weighted by atomic mass is 32.1. The number of aliphatic imine (C=N–C) groups is 1. The first kappa shape index (κ1) is 26.3. The fraction of sp³-hybridized carbons (Fsp3) is 0.185. The first-order valence-corrected chi connectivity index (χ1v) is 13.4. The number of thiazole rings is 1. The number of fused-ring (bicyclic) bond motifs is 1. The molecule has 2 heterocycles. The number of ether oxygens (including phenoxy) is 1. The zero-order chi connectivity index (χ0) is 28.6. The van der Waals surface area contributed by atoms with Gasteiger partial charge in [0.25, 0.3) is 11.6 Å². The van der Waals surface area contributed by atoms with Crippen LogP contribution in [0.5, 0.6) is 11.5 Å². The van der Waals surface area contributed by atoms with Gasteiger partial charge in [-0.2, -0.15) is 0 Å². The number of amides is 2. The van der Waals surface area contributed by atoms with Gasteiger partial charge in [-0.3, -0.25) is 19.7 Å². The molecule has 2 aliphatic rings. The molecule has 12 nitrogen and oxygen atoms in total. The Balaban J connectivity index is 1.19. The van der Waals surface area contributed by atoms with Crippen LogP contribution in [0.2, 0.25) is 0 Å². The van der Waals surface area contributed by atoms with Crippen LogP contribution in [-0.2, 0) is 16.0 Å². The molecule has 1 aliphatic heterocycles. The fourth-order valence-electron chi connectivity index (χ4n) is 4.33. The number of benzene rings is 3. The first-order valence-electron chi connectivity index (χ1n) is 12.6. The standard InChI is InChI=1S/C27H22FN7O5S/c28-19-9-7-17(40-18-8-10-20-23(12-18)41-26(32-20)33-24(36)15-5-6-15)11-21(19)31-25(37)27(29-14-30-34-27)13-16-3-1-2-4-22(16)35(38)39/h1-4,7-12,14-15,34H,5-6,13H2,(H,29,30)(H,31,37)(H,32,33,36). The van der Waals surface area contributed by atoms with E-state index in [1.165, 1.54) is 48.0 Å². The molecule has 4 aromatic rings. The minimum absolute atomic E-state index is 0.0283. The number of halogens is 1. The number of carbonyl (C=O) groups excluding carboxylic acids is 2. The summed E-state index contributed by atoms with van der Waals surface area (Å²) in [6, 6.07) is 15.1. The monoisotopic (exact) mass is 575 g/mol. The number of nitro benzene ring substituents is 1. The highest BCUT2D eigenvalue weighted by Gasteiger charge is 2.42. The van der Waals surface area contributed by atoms with E-state index in [9.17, 15) is 24.1 Å². The predicted octanol–water partition coefficient (Wildman–Crippen LogP) is 4.50. The van der Waals surface area contributed by atoms with E-state index in [2.05, 4.69) is 31.5 Å². The van der Waals surface area contributed by atoms with Crippen LogP contribution in [0.25, 0.3) is 10.2 Å². The zero-order valence-electron chi connectivity index (χ0n) is 21.2. The largest absolute Gasteiger partial charge is 0.457 e. The highest BCUT2D eigenvalue weighted by molar-refractivity contribution is 7.22. The Morgan fingerprint density at radius 1 is 1.12 bits per heavy atom. The van der Waals surface area contributed by atoms with Crippen LogP contribution in [0.15, 0.2) is 65.7 Å². The number of nitrogens with one attached hydrogen (secondary N) is 4. The number of aromatic nitrogens is 1. The van der Waals surface area contributed by atoms with Crippen molar-refractivity contribution in [1.29, 1.82) is 0 Å². The van der Waals surface area contributed by atoms with Crippen molar-refractivity contribution >= 4 is 56.2 Å². The number of nitrogens with zero attached hydrogens (tertiary/aromatic N) is 3. The summed E-state index contributed by atoms with van der Waals surface area (Å²) in [6.07, 6.45) is 2.87. The quantitative estimate of drug-likeness (QED) is 0.168. The van der Waals surface area contributed by atoms with E-state index in [-0.39, 0.29) is 40.9 Å². The molecule has 3 aromatic carbocycles. The summed E-state index contributed by atoms with van der Waals surface area (Å²) in [5.74, 6) is -0.714. The molecular weight excluding hydrogens is 553 g/mol. The van der Waals surface area contributed by atoms with E-state index in [0.29, 0.717) is 16.4 Å². The summed E-state index contributed by atoms with van der Waals surface area (Å²) in [5, 5.41) is 17.4. The van der Waals surface area contributed by atoms with Gasteiger partial charge in [-0.25, -0.2) is 19.8 Å². The Kier molecular flexibility index (Phi) is 6.77. The summed E-state index contributed by atoms with van der Waals surface area (Å²) in [5.41, 5.74) is 4.32. The van der Waals surface area contributed by atoms with Crippen molar-refractivity contribution in [1.82, 2.24) is 15.8 Å². The molecule has 41 heavy (non-hydrogen) atoms. The number of rotatable bonds is 9. The SMILES string of the molecule is O=C(Nc1nc2ccc(Oc3ccc(F)c(NC(=O)C4(Cc5ccccc5[N+](=O)[O-])N=CNN4)c3)cc2s1)C1CC1. The Bertz CT molecular complexity index is 1720. The number of hydrogen-bond acceptors (Lipinski definition) is 10. The van der Waals surface area contributed by atoms with Gasteiger partial charge in [0.1, 0.15) is 17.3 Å². The number of nitro groups is 1. The molecule has 1 atom stereocenters. The third-order valence-corrected chi connectivity index (χ3v) is 7.53. The summed E-state index contributed by atoms with van der Waals surface area (Å²) in [7, 11) is 0. The van der Waals surface area contributed by atoms with Crippen molar-refractivity contribution in [3.63, 3.8) is 0 Å². The molecule has 0 bridgehead atoms. The van der Waals surface area contributed by atoms with Crippen LogP contribution in [0, 0.1) is 21.8 Å². The van der Waals surface area contributed by atoms with Crippen LogP contribution < -0.4 is 26.2 Å². The Hall–Kier alpha value is -4.95. The number of hydrogen-bond donors (Lipinski definition) is 4. The average molecular weight is 576 g/mol. The molecule has 0 saturated heterocycles. The Morgan fingerprint density at radius 2 is 1.90 bits per heavy atom. The van der Waals surface area contributed by atoms with Crippen molar-refractivity contribution < 1.29 is 23.6 Å². The minimum Gasteiger partial charge on any atom is -0.457 e. The van der Waals surface area contributed by atoms with Crippen LogP contribution in [0.1, 0.15) is 18.4 Å². The van der Waals surface area contributed by atoms with Gasteiger partial charge in [0, 0.05) is 36.1 Å². The Morgan fingerprint density at radius 3 is 2.66 bits per heavy atom. The van der Waals surface area contributed by atoms with E-state index >= 15 is 0 Å². The summed E-state index contributed by atoms with van der Waals surface area (Å²) in [6.45, 7) is 0. The van der Waals surface area contributed by atoms with E-state index < -0.39 is 22.3 Å². The lowest BCUT2D eigenvalue weighted by Crippen LogP contribution is -2.55. The van der Waals surface area contributed by atoms with Crippen molar-refractivity contribution in [2.24, 2.45) is 10.9 Å². The minimum atomic E-state index is -1.67. The van der Waals surface area contributed by atoms with Crippen molar-refractivity contribution in [3.05, 3.63) is 82.2 Å². The lowest BCUT2D eigenvalue weighted by atomic mass is 9.98. The van der Waals surface area contributed by atoms with E-state index in [0.717, 1.165) is 23.6 Å². The lowest BCUT2D eigenvalue weighted by molar-refractivity contribution is -0.385. The third-order valence-electron chi connectivity index (χ3n) is 6.60. The molecular formula is C27H22FN7O5S. The smallest absolute Gasteiger partial charge is 0.272 e. The second-order valence-corrected chi connectivity index (χ2v) is 10.6. The molecule has 1 unspecified atom stereocenters. The third kappa shape index (κ3) is 5.55. The molecule has 2 amide bonds. The topological polar surface area (TPSA) is 160 Å². The van der Waals surface area contributed by atoms with Crippen LogP contribution in [0.3, 0.4) is 0 Å². The molecule has 4 N–H and O–H groups in total. The van der Waals surface area contributed by atoms with Crippen molar-refractivity contribution in [2.45, 2.75) is 24.9 Å². The molecule has 1 aromatic heterocycles. The molecule has 0 spiro atoms. The van der Waals surface area contributed by atoms with Crippen LogP contribution in [-0.4, -0.2) is 33.7 Å². The van der Waals surface area contributed by atoms with Gasteiger partial charge in [-0.05, 0) is 37.1 Å². The van der Waals surface area contributed by atoms with Gasteiger partial charge >= 0.3 is 0 Å². The molecule has 1 saturated carbocycles. The van der Waals surface area contributed by atoms with Gasteiger partial charge in [-0.15, -0.1) is 0 Å². The van der Waals surface area contributed by atoms with E-state index in [4.69, 9.17) is 4.74 Å². The van der Waals surface area contributed by atoms with Gasteiger partial charge < -0.3 is 20.8 Å². The molecule has 1 aliphatic carbocycles. The second-order valence-electron chi connectivity index (χ2n) is 9.56. The lowest BCUT2D eigenvalue weighted by Gasteiger charge is -2.25. The maximum atomic E-state index is 14.8. The van der Waals surface area contributed by atoms with Gasteiger partial charge in [0.2, 0.25) is 11.6 Å². The Labute approximate surface area is 235 Å². The summed E-state index contributed by atoms with van der Waals surface area (Å²) in [4.78, 5) is 45.0. The second kappa shape index (κ2) is 10.6. The van der Waals surface area contributed by atoms with Crippen LogP contribution in [0.4, 0.5) is 20.9 Å². The maximum absolute atomic E-state index is 14.8.